The first-order valence-electron chi connectivity index (χ1n) is 6.03. The second-order valence-corrected chi connectivity index (χ2v) is 4.97. The van der Waals surface area contributed by atoms with Crippen molar-refractivity contribution in [2.45, 2.75) is 6.18 Å². The van der Waals surface area contributed by atoms with Crippen LogP contribution in [0.5, 0.6) is 5.88 Å². The fourth-order valence-corrected chi connectivity index (χ4v) is 2.66. The van der Waals surface area contributed by atoms with Gasteiger partial charge in [-0.25, -0.2) is 9.37 Å². The Kier molecular flexibility index (Phi) is 2.88. The lowest BCUT2D eigenvalue weighted by Gasteiger charge is -2.10. The lowest BCUT2D eigenvalue weighted by Crippen LogP contribution is -2.18. The maximum absolute atomic E-state index is 13.4. The number of fused-ring (bicyclic) bond motifs is 1. The van der Waals surface area contributed by atoms with E-state index in [0.717, 1.165) is 13.1 Å². The number of piperidine rings is 1. The standard InChI is InChI=1S/C12H12F4N2O/c13-10-1-6(12(14,15)16)2-18-11(10)19-5-9-7-3-17-4-8(7)9/h1-2,7-9,17H,3-5H2/t7-,8+,9+. The van der Waals surface area contributed by atoms with E-state index in [9.17, 15) is 17.6 Å². The Morgan fingerprint density at radius 1 is 1.32 bits per heavy atom. The Hall–Kier alpha value is -1.37. The van der Waals surface area contributed by atoms with Gasteiger partial charge < -0.3 is 10.1 Å². The molecule has 1 aliphatic heterocycles. The number of rotatable bonds is 3. The number of hydrogen-bond acceptors (Lipinski definition) is 3. The molecular formula is C12H12F4N2O. The summed E-state index contributed by atoms with van der Waals surface area (Å²) in [7, 11) is 0. The summed E-state index contributed by atoms with van der Waals surface area (Å²) in [6.45, 7) is 2.18. The summed E-state index contributed by atoms with van der Waals surface area (Å²) in [5.41, 5.74) is -1.11. The third-order valence-corrected chi connectivity index (χ3v) is 3.82. The third kappa shape index (κ3) is 2.39. The van der Waals surface area contributed by atoms with Gasteiger partial charge in [0, 0.05) is 12.1 Å². The summed E-state index contributed by atoms with van der Waals surface area (Å²) in [4.78, 5) is 3.41. The van der Waals surface area contributed by atoms with Gasteiger partial charge in [-0.05, 0) is 31.0 Å². The summed E-state index contributed by atoms with van der Waals surface area (Å²) in [5.74, 6) is 0.0458. The van der Waals surface area contributed by atoms with Gasteiger partial charge in [0.25, 0.3) is 0 Å². The zero-order valence-electron chi connectivity index (χ0n) is 9.88. The molecule has 3 atom stereocenters. The first-order chi connectivity index (χ1) is 8.97. The quantitative estimate of drug-likeness (QED) is 0.858. The molecule has 0 bridgehead atoms. The minimum atomic E-state index is -4.59. The number of nitrogens with zero attached hydrogens (tertiary/aromatic N) is 1. The monoisotopic (exact) mass is 276 g/mol. The lowest BCUT2D eigenvalue weighted by atomic mass is 10.2. The molecule has 1 saturated heterocycles. The number of pyridine rings is 1. The topological polar surface area (TPSA) is 34.1 Å². The van der Waals surface area contributed by atoms with Crippen LogP contribution in [0.25, 0.3) is 0 Å². The predicted molar refractivity (Wildman–Crippen MR) is 58.0 cm³/mol. The van der Waals surface area contributed by atoms with Gasteiger partial charge in [-0.3, -0.25) is 0 Å². The number of halogens is 4. The average Bonchev–Trinajstić information content (AvgIpc) is 2.78. The van der Waals surface area contributed by atoms with Crippen LogP contribution in [0.2, 0.25) is 0 Å². The van der Waals surface area contributed by atoms with Crippen LogP contribution < -0.4 is 10.1 Å². The molecule has 1 saturated carbocycles. The largest absolute Gasteiger partial charge is 0.475 e. The van der Waals surface area contributed by atoms with E-state index >= 15 is 0 Å². The van der Waals surface area contributed by atoms with Crippen molar-refractivity contribution in [2.24, 2.45) is 17.8 Å². The molecule has 0 amide bonds. The zero-order chi connectivity index (χ0) is 13.6. The van der Waals surface area contributed by atoms with E-state index in [1.54, 1.807) is 0 Å². The number of hydrogen-bond donors (Lipinski definition) is 1. The van der Waals surface area contributed by atoms with Gasteiger partial charge in [-0.15, -0.1) is 0 Å². The van der Waals surface area contributed by atoms with Crippen LogP contribution in [-0.4, -0.2) is 24.7 Å². The molecule has 0 aromatic carbocycles. The van der Waals surface area contributed by atoms with Crippen LogP contribution in [-0.2, 0) is 6.18 Å². The van der Waals surface area contributed by atoms with Crippen molar-refractivity contribution < 1.29 is 22.3 Å². The molecule has 1 N–H and O–H groups in total. The Morgan fingerprint density at radius 3 is 2.58 bits per heavy atom. The second kappa shape index (κ2) is 4.33. The maximum Gasteiger partial charge on any atom is 0.417 e. The van der Waals surface area contributed by atoms with Gasteiger partial charge in [0.1, 0.15) is 0 Å². The summed E-state index contributed by atoms with van der Waals surface area (Å²) in [5, 5.41) is 3.22. The molecule has 7 heteroatoms. The fourth-order valence-electron chi connectivity index (χ4n) is 2.66. The molecule has 0 spiro atoms. The molecule has 0 radical (unpaired) electrons. The summed E-state index contributed by atoms with van der Waals surface area (Å²) in [6, 6.07) is 0.414. The van der Waals surface area contributed by atoms with Crippen LogP contribution in [0, 0.1) is 23.6 Å². The van der Waals surface area contributed by atoms with Crippen LogP contribution in [0.3, 0.4) is 0 Å². The second-order valence-electron chi connectivity index (χ2n) is 4.97. The number of nitrogens with one attached hydrogen (secondary N) is 1. The highest BCUT2D eigenvalue weighted by Gasteiger charge is 2.53. The van der Waals surface area contributed by atoms with Crippen molar-refractivity contribution in [3.05, 3.63) is 23.6 Å². The SMILES string of the molecule is Fc1cc(C(F)(F)F)cnc1OC[C@H]1[C@@H]2CNC[C@@H]21. The van der Waals surface area contributed by atoms with E-state index in [2.05, 4.69) is 10.3 Å². The van der Waals surface area contributed by atoms with Gasteiger partial charge in [0.15, 0.2) is 5.82 Å². The molecule has 3 nitrogen and oxygen atoms in total. The summed E-state index contributed by atoms with van der Waals surface area (Å²) in [6.07, 6.45) is -4.00. The first-order valence-corrected chi connectivity index (χ1v) is 6.03. The number of aromatic nitrogens is 1. The Labute approximate surface area is 107 Å². The van der Waals surface area contributed by atoms with Crippen molar-refractivity contribution in [3.63, 3.8) is 0 Å². The van der Waals surface area contributed by atoms with Crippen LogP contribution in [0.1, 0.15) is 5.56 Å². The predicted octanol–water partition coefficient (Wildman–Crippen LogP) is 2.08. The first kappa shape index (κ1) is 12.7. The maximum atomic E-state index is 13.4. The summed E-state index contributed by atoms with van der Waals surface area (Å²) >= 11 is 0. The zero-order valence-corrected chi connectivity index (χ0v) is 9.88. The van der Waals surface area contributed by atoms with Crippen LogP contribution in [0.15, 0.2) is 12.3 Å². The van der Waals surface area contributed by atoms with E-state index in [4.69, 9.17) is 4.74 Å². The highest BCUT2D eigenvalue weighted by molar-refractivity contribution is 5.22. The van der Waals surface area contributed by atoms with Crippen molar-refractivity contribution >= 4 is 0 Å². The molecule has 0 unspecified atom stereocenters. The molecule has 104 valence electrons. The number of ether oxygens (including phenoxy) is 1. The van der Waals surface area contributed by atoms with Gasteiger partial charge in [0.2, 0.25) is 5.88 Å². The Morgan fingerprint density at radius 2 is 2.00 bits per heavy atom. The van der Waals surface area contributed by atoms with Gasteiger partial charge in [-0.1, -0.05) is 0 Å². The highest BCUT2D eigenvalue weighted by atomic mass is 19.4. The molecule has 1 aromatic heterocycles. The Bertz CT molecular complexity index is 481. The Balaban J connectivity index is 1.62. The number of alkyl halides is 3. The normalized spacial score (nSPS) is 29.2. The lowest BCUT2D eigenvalue weighted by molar-refractivity contribution is -0.138. The molecule has 2 heterocycles. The minimum Gasteiger partial charge on any atom is -0.475 e. The van der Waals surface area contributed by atoms with Gasteiger partial charge in [0.05, 0.1) is 12.2 Å². The van der Waals surface area contributed by atoms with Crippen molar-refractivity contribution in [2.75, 3.05) is 19.7 Å². The van der Waals surface area contributed by atoms with Gasteiger partial charge in [-0.2, -0.15) is 13.2 Å². The van der Waals surface area contributed by atoms with E-state index < -0.39 is 17.6 Å². The van der Waals surface area contributed by atoms with Gasteiger partial charge >= 0.3 is 6.18 Å². The minimum absolute atomic E-state index is 0.312. The van der Waals surface area contributed by atoms with E-state index in [1.807, 2.05) is 0 Å². The molecule has 1 aromatic rings. The van der Waals surface area contributed by atoms with Crippen molar-refractivity contribution in [1.82, 2.24) is 10.3 Å². The van der Waals surface area contributed by atoms with E-state index in [-0.39, 0.29) is 5.88 Å². The van der Waals surface area contributed by atoms with Crippen LogP contribution >= 0.6 is 0 Å². The van der Waals surface area contributed by atoms with Crippen molar-refractivity contribution in [1.29, 1.82) is 0 Å². The smallest absolute Gasteiger partial charge is 0.417 e. The van der Waals surface area contributed by atoms with Crippen molar-refractivity contribution in [3.8, 4) is 5.88 Å². The third-order valence-electron chi connectivity index (χ3n) is 3.82. The van der Waals surface area contributed by atoms with E-state index in [0.29, 0.717) is 36.6 Å². The summed E-state index contributed by atoms with van der Waals surface area (Å²) < 4.78 is 55.6. The molecule has 2 fully saturated rings. The molecule has 3 rings (SSSR count). The van der Waals surface area contributed by atoms with Crippen LogP contribution in [0.4, 0.5) is 17.6 Å². The highest BCUT2D eigenvalue weighted by Crippen LogP contribution is 2.48. The molecular weight excluding hydrogens is 264 g/mol. The van der Waals surface area contributed by atoms with E-state index in [1.165, 1.54) is 0 Å². The molecule has 1 aliphatic carbocycles. The molecule has 2 aliphatic rings. The fraction of sp³-hybridized carbons (Fsp3) is 0.583. The average molecular weight is 276 g/mol. The molecule has 19 heavy (non-hydrogen) atoms.